The van der Waals surface area contributed by atoms with Gasteiger partial charge in [-0.2, -0.15) is 0 Å². The highest BCUT2D eigenvalue weighted by molar-refractivity contribution is 5.35. The monoisotopic (exact) mass is 222 g/mol. The van der Waals surface area contributed by atoms with Crippen LogP contribution < -0.4 is 5.73 Å². The Bertz CT molecular complexity index is 335. The third kappa shape index (κ3) is 2.20. The summed E-state index contributed by atoms with van der Waals surface area (Å²) in [4.78, 5) is 0. The predicted octanol–water partition coefficient (Wildman–Crippen LogP) is 2.88. The van der Waals surface area contributed by atoms with Crippen LogP contribution in [0.4, 0.5) is 5.82 Å². The largest absolute Gasteiger partial charge is 0.381 e. The van der Waals surface area contributed by atoms with Crippen LogP contribution in [0.2, 0.25) is 0 Å². The molecule has 1 saturated carbocycles. The first-order valence-electron chi connectivity index (χ1n) is 6.40. The molecule has 0 spiro atoms. The van der Waals surface area contributed by atoms with Gasteiger partial charge in [0.15, 0.2) is 5.82 Å². The second kappa shape index (κ2) is 4.85. The van der Waals surface area contributed by atoms with E-state index in [-0.39, 0.29) is 0 Å². The molecule has 2 N–H and O–H groups in total. The van der Waals surface area contributed by atoms with E-state index in [0.717, 1.165) is 5.69 Å². The maximum absolute atomic E-state index is 5.89. The van der Waals surface area contributed by atoms with Gasteiger partial charge in [-0.25, -0.2) is 4.68 Å². The van der Waals surface area contributed by atoms with Crippen molar-refractivity contribution in [2.45, 2.75) is 64.3 Å². The van der Waals surface area contributed by atoms with Crippen LogP contribution in [0.15, 0.2) is 0 Å². The molecule has 1 aliphatic carbocycles. The maximum Gasteiger partial charge on any atom is 0.169 e. The van der Waals surface area contributed by atoms with Crippen LogP contribution in [0, 0.1) is 0 Å². The van der Waals surface area contributed by atoms with E-state index in [1.54, 1.807) is 0 Å². The van der Waals surface area contributed by atoms with E-state index in [1.165, 1.54) is 38.5 Å². The van der Waals surface area contributed by atoms with Crippen molar-refractivity contribution in [3.05, 3.63) is 5.69 Å². The molecule has 4 heteroatoms. The van der Waals surface area contributed by atoms with Crippen LogP contribution in [0.25, 0.3) is 0 Å². The van der Waals surface area contributed by atoms with E-state index < -0.39 is 0 Å². The molecular weight excluding hydrogens is 200 g/mol. The van der Waals surface area contributed by atoms with Crippen molar-refractivity contribution in [1.29, 1.82) is 0 Å². The summed E-state index contributed by atoms with van der Waals surface area (Å²) in [5, 5.41) is 8.28. The van der Waals surface area contributed by atoms with Crippen molar-refractivity contribution in [1.82, 2.24) is 15.0 Å². The van der Waals surface area contributed by atoms with Gasteiger partial charge in [-0.1, -0.05) is 44.7 Å². The summed E-state index contributed by atoms with van der Waals surface area (Å²) < 4.78 is 2.09. The molecule has 0 saturated heterocycles. The Labute approximate surface area is 97.2 Å². The van der Waals surface area contributed by atoms with Crippen LogP contribution in [-0.2, 0) is 0 Å². The molecule has 0 amide bonds. The van der Waals surface area contributed by atoms with Crippen molar-refractivity contribution < 1.29 is 0 Å². The van der Waals surface area contributed by atoms with Crippen LogP contribution in [0.3, 0.4) is 0 Å². The van der Waals surface area contributed by atoms with E-state index in [4.69, 9.17) is 5.73 Å². The van der Waals surface area contributed by atoms with Gasteiger partial charge in [0.2, 0.25) is 0 Å². The third-order valence-corrected chi connectivity index (χ3v) is 3.48. The number of nitrogens with zero attached hydrogens (tertiary/aromatic N) is 3. The average molecular weight is 222 g/mol. The third-order valence-electron chi connectivity index (χ3n) is 3.48. The smallest absolute Gasteiger partial charge is 0.169 e. The summed E-state index contributed by atoms with van der Waals surface area (Å²) >= 11 is 0. The van der Waals surface area contributed by atoms with Gasteiger partial charge >= 0.3 is 0 Å². The van der Waals surface area contributed by atoms with Crippen molar-refractivity contribution in [2.75, 3.05) is 5.73 Å². The number of anilines is 1. The normalized spacial score (nSPS) is 18.9. The zero-order valence-corrected chi connectivity index (χ0v) is 10.3. The van der Waals surface area contributed by atoms with E-state index in [2.05, 4.69) is 28.8 Å². The minimum atomic E-state index is 0.401. The molecule has 0 bridgehead atoms. The van der Waals surface area contributed by atoms with Gasteiger partial charge in [-0.05, 0) is 18.8 Å². The van der Waals surface area contributed by atoms with Crippen molar-refractivity contribution in [2.24, 2.45) is 0 Å². The van der Waals surface area contributed by atoms with Crippen molar-refractivity contribution in [3.8, 4) is 0 Å². The summed E-state index contributed by atoms with van der Waals surface area (Å²) in [6.07, 6.45) is 7.78. The van der Waals surface area contributed by atoms with Crippen LogP contribution in [0.1, 0.15) is 70.0 Å². The SMILES string of the molecule is CC(C)c1c(N)nnn1C1CCCCCC1. The van der Waals surface area contributed by atoms with Gasteiger partial charge in [0.05, 0.1) is 11.7 Å². The molecule has 0 atom stereocenters. The lowest BCUT2D eigenvalue weighted by Crippen LogP contribution is -2.14. The molecule has 4 nitrogen and oxygen atoms in total. The van der Waals surface area contributed by atoms with Crippen molar-refractivity contribution in [3.63, 3.8) is 0 Å². The Morgan fingerprint density at radius 1 is 1.19 bits per heavy atom. The van der Waals surface area contributed by atoms with Crippen LogP contribution in [-0.4, -0.2) is 15.0 Å². The highest BCUT2D eigenvalue weighted by atomic mass is 15.5. The predicted molar refractivity (Wildman–Crippen MR) is 65.3 cm³/mol. The molecule has 0 unspecified atom stereocenters. The standard InChI is InChI=1S/C12H22N4/c1-9(2)11-12(13)14-15-16(11)10-7-5-3-4-6-8-10/h9-10H,3-8,13H2,1-2H3. The number of aromatic nitrogens is 3. The summed E-state index contributed by atoms with van der Waals surface area (Å²) in [6, 6.07) is 0.518. The van der Waals surface area contributed by atoms with E-state index in [0.29, 0.717) is 17.8 Å². The summed E-state index contributed by atoms with van der Waals surface area (Å²) in [5.41, 5.74) is 7.01. The highest BCUT2D eigenvalue weighted by Gasteiger charge is 2.21. The molecule has 1 aromatic heterocycles. The van der Waals surface area contributed by atoms with Gasteiger partial charge in [0.1, 0.15) is 0 Å². The van der Waals surface area contributed by atoms with Crippen molar-refractivity contribution >= 4 is 5.82 Å². The summed E-state index contributed by atoms with van der Waals surface area (Å²) in [5.74, 6) is 1.01. The Morgan fingerprint density at radius 2 is 1.81 bits per heavy atom. The highest BCUT2D eigenvalue weighted by Crippen LogP contribution is 2.30. The maximum atomic E-state index is 5.89. The van der Waals surface area contributed by atoms with Gasteiger partial charge in [-0.15, -0.1) is 5.10 Å². The van der Waals surface area contributed by atoms with Gasteiger partial charge < -0.3 is 5.73 Å². The quantitative estimate of drug-likeness (QED) is 0.783. The van der Waals surface area contributed by atoms with Gasteiger partial charge in [0.25, 0.3) is 0 Å². The lowest BCUT2D eigenvalue weighted by Gasteiger charge is -2.18. The number of hydrogen-bond acceptors (Lipinski definition) is 3. The van der Waals surface area contributed by atoms with Gasteiger partial charge in [-0.3, -0.25) is 0 Å². The molecular formula is C12H22N4. The van der Waals surface area contributed by atoms with Crippen LogP contribution in [0.5, 0.6) is 0 Å². The topological polar surface area (TPSA) is 56.7 Å². The molecule has 0 aromatic carbocycles. The van der Waals surface area contributed by atoms with Gasteiger partial charge in [0, 0.05) is 0 Å². The molecule has 0 aliphatic heterocycles. The Kier molecular flexibility index (Phi) is 3.46. The minimum absolute atomic E-state index is 0.401. The molecule has 1 fully saturated rings. The number of nitrogen functional groups attached to an aromatic ring is 1. The fourth-order valence-electron chi connectivity index (χ4n) is 2.65. The Balaban J connectivity index is 2.24. The molecule has 1 aliphatic rings. The second-order valence-electron chi connectivity index (χ2n) is 5.10. The number of nitrogens with two attached hydrogens (primary N) is 1. The van der Waals surface area contributed by atoms with Crippen LogP contribution >= 0.6 is 0 Å². The zero-order valence-electron chi connectivity index (χ0n) is 10.3. The first kappa shape index (κ1) is 11.4. The van der Waals surface area contributed by atoms with E-state index in [1.807, 2.05) is 0 Å². The second-order valence-corrected chi connectivity index (χ2v) is 5.10. The molecule has 1 aromatic rings. The fraction of sp³-hybridized carbons (Fsp3) is 0.833. The fourth-order valence-corrected chi connectivity index (χ4v) is 2.65. The first-order chi connectivity index (χ1) is 7.70. The first-order valence-corrected chi connectivity index (χ1v) is 6.40. The zero-order chi connectivity index (χ0) is 11.5. The average Bonchev–Trinajstić information content (AvgIpc) is 2.50. The molecule has 2 rings (SSSR count). The van der Waals surface area contributed by atoms with E-state index in [9.17, 15) is 0 Å². The Morgan fingerprint density at radius 3 is 2.38 bits per heavy atom. The Hall–Kier alpha value is -1.06. The molecule has 90 valence electrons. The lowest BCUT2D eigenvalue weighted by molar-refractivity contribution is 0.380. The lowest BCUT2D eigenvalue weighted by atomic mass is 10.1. The number of hydrogen-bond donors (Lipinski definition) is 1. The molecule has 0 radical (unpaired) electrons. The molecule has 16 heavy (non-hydrogen) atoms. The minimum Gasteiger partial charge on any atom is -0.381 e. The summed E-state index contributed by atoms with van der Waals surface area (Å²) in [6.45, 7) is 4.31. The van der Waals surface area contributed by atoms with E-state index >= 15 is 0 Å². The summed E-state index contributed by atoms with van der Waals surface area (Å²) in [7, 11) is 0. The molecule has 1 heterocycles. The number of rotatable bonds is 2.